The quantitative estimate of drug-likeness (QED) is 0.379. The van der Waals surface area contributed by atoms with Crippen LogP contribution >= 0.6 is 11.3 Å². The minimum atomic E-state index is -0.217. The Morgan fingerprint density at radius 3 is 2.78 bits per heavy atom. The third kappa shape index (κ3) is 3.02. The molecule has 6 rings (SSSR count). The van der Waals surface area contributed by atoms with Crippen LogP contribution in [-0.4, -0.2) is 37.2 Å². The van der Waals surface area contributed by atoms with Gasteiger partial charge in [-0.15, -0.1) is 11.3 Å². The lowest BCUT2D eigenvalue weighted by atomic mass is 10.1. The molecule has 6 aromatic heterocycles. The maximum Gasteiger partial charge on any atom is 0.176 e. The summed E-state index contributed by atoms with van der Waals surface area (Å²) in [7, 11) is 1.61. The number of fused-ring (bicyclic) bond motifs is 2. The number of nitrogens with zero attached hydrogens (tertiary/aromatic N) is 4. The molecule has 0 amide bonds. The number of aromatic amines is 2. The zero-order valence-corrected chi connectivity index (χ0v) is 17.6. The number of rotatable bonds is 4. The Morgan fingerprint density at radius 2 is 1.94 bits per heavy atom. The number of halogens is 1. The maximum atomic E-state index is 13.6. The molecule has 0 unspecified atom stereocenters. The topological polar surface area (TPSA) is 92.4 Å². The number of hydrogen-bond donors (Lipinski definition) is 2. The van der Waals surface area contributed by atoms with Gasteiger partial charge in [0.1, 0.15) is 17.1 Å². The molecular weight excluding hydrogens is 427 g/mol. The summed E-state index contributed by atoms with van der Waals surface area (Å²) in [4.78, 5) is 17.4. The molecule has 0 saturated heterocycles. The molecule has 2 N–H and O–H groups in total. The van der Waals surface area contributed by atoms with Crippen LogP contribution in [-0.2, 0) is 0 Å². The van der Waals surface area contributed by atoms with Crippen LogP contribution in [0.1, 0.15) is 0 Å². The van der Waals surface area contributed by atoms with Gasteiger partial charge in [-0.1, -0.05) is 0 Å². The fourth-order valence-electron chi connectivity index (χ4n) is 3.78. The van der Waals surface area contributed by atoms with E-state index in [-0.39, 0.29) is 5.13 Å². The zero-order chi connectivity index (χ0) is 21.7. The number of aromatic nitrogens is 6. The predicted octanol–water partition coefficient (Wildman–Crippen LogP) is 5.44. The lowest BCUT2D eigenvalue weighted by molar-refractivity contribution is 0.413. The Kier molecular flexibility index (Phi) is 4.22. The third-order valence-electron chi connectivity index (χ3n) is 5.32. The fraction of sp³-hybridized carbons (Fsp3) is 0.0435. The monoisotopic (exact) mass is 442 g/mol. The summed E-state index contributed by atoms with van der Waals surface area (Å²) >= 11 is 1.11. The maximum absolute atomic E-state index is 13.6. The molecule has 0 atom stereocenters. The van der Waals surface area contributed by atoms with Crippen molar-refractivity contribution in [2.24, 2.45) is 0 Å². The van der Waals surface area contributed by atoms with Crippen molar-refractivity contribution in [1.29, 1.82) is 0 Å². The van der Waals surface area contributed by atoms with Crippen molar-refractivity contribution in [2.75, 3.05) is 7.11 Å². The van der Waals surface area contributed by atoms with Gasteiger partial charge in [-0.05, 0) is 36.4 Å². The molecule has 0 fully saturated rings. The van der Waals surface area contributed by atoms with Crippen LogP contribution in [0.3, 0.4) is 0 Å². The van der Waals surface area contributed by atoms with Gasteiger partial charge in [0, 0.05) is 39.2 Å². The number of pyridine rings is 3. The molecule has 9 heteroatoms. The van der Waals surface area contributed by atoms with Crippen LogP contribution in [0.4, 0.5) is 4.39 Å². The van der Waals surface area contributed by atoms with Gasteiger partial charge < -0.3 is 9.72 Å². The Bertz CT molecular complexity index is 1600. The van der Waals surface area contributed by atoms with Crippen molar-refractivity contribution >= 4 is 33.3 Å². The van der Waals surface area contributed by atoms with Gasteiger partial charge in [0.25, 0.3) is 0 Å². The van der Waals surface area contributed by atoms with Crippen molar-refractivity contribution in [1.82, 2.24) is 30.1 Å². The third-order valence-corrected chi connectivity index (χ3v) is 6.22. The van der Waals surface area contributed by atoms with Crippen LogP contribution in [0.25, 0.3) is 55.0 Å². The Labute approximate surface area is 185 Å². The van der Waals surface area contributed by atoms with E-state index in [1.54, 1.807) is 38.0 Å². The highest BCUT2D eigenvalue weighted by Gasteiger charge is 2.16. The van der Waals surface area contributed by atoms with Gasteiger partial charge in [-0.2, -0.15) is 9.49 Å². The molecule has 6 heterocycles. The summed E-state index contributed by atoms with van der Waals surface area (Å²) in [5, 5.41) is 9.16. The van der Waals surface area contributed by atoms with E-state index < -0.39 is 0 Å². The molecule has 0 bridgehead atoms. The SMILES string of the molecule is COc1cncc(-c2cc3c(-c4cc5c(-c6ccc(F)s6)ccnc5[nH]4)n[nH]c3cn2)c1. The second kappa shape index (κ2) is 7.24. The van der Waals surface area contributed by atoms with Gasteiger partial charge in [0.15, 0.2) is 5.13 Å². The second-order valence-electron chi connectivity index (χ2n) is 7.21. The van der Waals surface area contributed by atoms with E-state index in [0.29, 0.717) is 11.4 Å². The largest absolute Gasteiger partial charge is 0.495 e. The minimum absolute atomic E-state index is 0.217. The van der Waals surface area contributed by atoms with E-state index in [9.17, 15) is 4.39 Å². The summed E-state index contributed by atoms with van der Waals surface area (Å²) in [5.74, 6) is 0.663. The molecule has 32 heavy (non-hydrogen) atoms. The first-order chi connectivity index (χ1) is 15.7. The van der Waals surface area contributed by atoms with E-state index in [1.165, 1.54) is 6.07 Å². The van der Waals surface area contributed by atoms with Crippen molar-refractivity contribution in [3.8, 4) is 38.8 Å². The fourth-order valence-corrected chi connectivity index (χ4v) is 4.55. The standard InChI is InChI=1S/C23H15FN6OS/c1-31-13-6-12(9-25-10-13)17-8-16-19(11-27-17)29-30-22(16)18-7-15-14(4-5-26-23(15)28-18)20-2-3-21(24)32-20/h2-11H,1H3,(H,26,28)(H,29,30). The van der Waals surface area contributed by atoms with Crippen molar-refractivity contribution in [2.45, 2.75) is 0 Å². The highest BCUT2D eigenvalue weighted by atomic mass is 32.1. The van der Waals surface area contributed by atoms with Crippen LogP contribution in [0.5, 0.6) is 5.75 Å². The Morgan fingerprint density at radius 1 is 1.00 bits per heavy atom. The summed E-state index contributed by atoms with van der Waals surface area (Å²) in [5.41, 5.74) is 5.62. The smallest absolute Gasteiger partial charge is 0.176 e. The molecule has 0 aliphatic rings. The molecule has 0 spiro atoms. The number of nitrogens with one attached hydrogen (secondary N) is 2. The molecular formula is C23H15FN6OS. The average Bonchev–Trinajstić information content (AvgIpc) is 3.55. The van der Waals surface area contributed by atoms with Crippen LogP contribution < -0.4 is 4.74 Å². The van der Waals surface area contributed by atoms with E-state index in [1.807, 2.05) is 24.3 Å². The summed E-state index contributed by atoms with van der Waals surface area (Å²) in [6, 6.07) is 11.0. The van der Waals surface area contributed by atoms with Crippen molar-refractivity contribution < 1.29 is 9.13 Å². The number of methoxy groups -OCH3 is 1. The molecule has 0 saturated carbocycles. The van der Waals surface area contributed by atoms with Gasteiger partial charge >= 0.3 is 0 Å². The molecule has 0 aliphatic carbocycles. The molecule has 6 aromatic rings. The van der Waals surface area contributed by atoms with Gasteiger partial charge in [0.2, 0.25) is 0 Å². The van der Waals surface area contributed by atoms with E-state index in [0.717, 1.165) is 60.7 Å². The predicted molar refractivity (Wildman–Crippen MR) is 122 cm³/mol. The van der Waals surface area contributed by atoms with E-state index in [2.05, 4.69) is 30.1 Å². The van der Waals surface area contributed by atoms with E-state index >= 15 is 0 Å². The highest BCUT2D eigenvalue weighted by Crippen LogP contribution is 2.36. The van der Waals surface area contributed by atoms with Crippen LogP contribution in [0.2, 0.25) is 0 Å². The van der Waals surface area contributed by atoms with Gasteiger partial charge in [-0.25, -0.2) is 4.98 Å². The van der Waals surface area contributed by atoms with Crippen molar-refractivity contribution in [3.05, 3.63) is 66.3 Å². The lowest BCUT2D eigenvalue weighted by Gasteiger charge is -2.04. The van der Waals surface area contributed by atoms with Gasteiger partial charge in [-0.3, -0.25) is 15.1 Å². The first-order valence-corrected chi connectivity index (χ1v) is 10.6. The highest BCUT2D eigenvalue weighted by molar-refractivity contribution is 7.14. The first-order valence-electron chi connectivity index (χ1n) is 9.77. The minimum Gasteiger partial charge on any atom is -0.495 e. The average molecular weight is 442 g/mol. The number of hydrogen-bond acceptors (Lipinski definition) is 6. The number of thiophene rings is 1. The van der Waals surface area contributed by atoms with Gasteiger partial charge in [0.05, 0.1) is 36.4 Å². The molecule has 156 valence electrons. The summed E-state index contributed by atoms with van der Waals surface area (Å²) < 4.78 is 18.9. The molecule has 7 nitrogen and oxygen atoms in total. The lowest BCUT2D eigenvalue weighted by Crippen LogP contribution is -1.88. The summed E-state index contributed by atoms with van der Waals surface area (Å²) in [6.45, 7) is 0. The normalized spacial score (nSPS) is 11.4. The molecule has 0 aliphatic heterocycles. The van der Waals surface area contributed by atoms with Crippen molar-refractivity contribution in [3.63, 3.8) is 0 Å². The first kappa shape index (κ1) is 18.6. The van der Waals surface area contributed by atoms with Crippen LogP contribution in [0, 0.1) is 5.13 Å². The number of ether oxygens (including phenoxy) is 1. The van der Waals surface area contributed by atoms with E-state index in [4.69, 9.17) is 4.74 Å². The summed E-state index contributed by atoms with van der Waals surface area (Å²) in [6.07, 6.45) is 6.87. The Hall–Kier alpha value is -4.11. The van der Waals surface area contributed by atoms with Crippen LogP contribution in [0.15, 0.2) is 61.2 Å². The molecule has 0 radical (unpaired) electrons. The number of H-pyrrole nitrogens is 2. The molecule has 0 aromatic carbocycles. The second-order valence-corrected chi connectivity index (χ2v) is 8.24. The zero-order valence-electron chi connectivity index (χ0n) is 16.8. The Balaban J connectivity index is 1.49.